The molecule has 0 spiro atoms. The molecule has 0 unspecified atom stereocenters. The molecule has 6 aromatic rings. The first-order chi connectivity index (χ1) is 29.9. The summed E-state index contributed by atoms with van der Waals surface area (Å²) in [5, 5.41) is 0. The number of pyridine rings is 1. The lowest BCUT2D eigenvalue weighted by molar-refractivity contribution is 0.0746. The number of aromatic nitrogens is 5. The zero-order valence-electron chi connectivity index (χ0n) is 34.3. The third-order valence-corrected chi connectivity index (χ3v) is 11.4. The quantitative estimate of drug-likeness (QED) is 0.140. The Bertz CT molecular complexity index is 2400. The summed E-state index contributed by atoms with van der Waals surface area (Å²) in [5.74, 6) is 3.50. The summed E-state index contributed by atoms with van der Waals surface area (Å²) in [6, 6.07) is 26.5. The molecule has 15 heteroatoms. The number of benzene rings is 3. The molecule has 3 aliphatic heterocycles. The summed E-state index contributed by atoms with van der Waals surface area (Å²) in [5.41, 5.74) is 5.14. The first kappa shape index (κ1) is 39.6. The van der Waals surface area contributed by atoms with E-state index in [1.165, 1.54) is 6.07 Å². The van der Waals surface area contributed by atoms with E-state index in [4.69, 9.17) is 34.1 Å². The zero-order chi connectivity index (χ0) is 41.7. The Morgan fingerprint density at radius 3 is 2.03 bits per heavy atom. The number of nitrogens with zero attached hydrogens (tertiary/aromatic N) is 10. The predicted octanol–water partition coefficient (Wildman–Crippen LogP) is 6.18. The number of carbonyl (C=O) groups is 1. The van der Waals surface area contributed by atoms with Gasteiger partial charge in [0.25, 0.3) is 5.91 Å². The molecular weight excluding hydrogens is 776 g/mol. The second-order valence-corrected chi connectivity index (χ2v) is 15.1. The molecule has 3 aromatic carbocycles. The van der Waals surface area contributed by atoms with Crippen molar-refractivity contribution in [2.45, 2.75) is 19.5 Å². The maximum Gasteiger partial charge on any atom is 0.254 e. The van der Waals surface area contributed by atoms with E-state index in [2.05, 4.69) is 19.7 Å². The van der Waals surface area contributed by atoms with Gasteiger partial charge in [-0.1, -0.05) is 30.3 Å². The van der Waals surface area contributed by atoms with Gasteiger partial charge >= 0.3 is 0 Å². The third-order valence-electron chi connectivity index (χ3n) is 11.4. The Hall–Kier alpha value is -6.87. The molecule has 6 heterocycles. The summed E-state index contributed by atoms with van der Waals surface area (Å²) >= 11 is 0. The van der Waals surface area contributed by atoms with Gasteiger partial charge in [0.2, 0.25) is 11.9 Å². The number of halogens is 1. The number of ether oxygens (including phenoxy) is 3. The highest BCUT2D eigenvalue weighted by molar-refractivity contribution is 5.95. The van der Waals surface area contributed by atoms with E-state index >= 15 is 4.39 Å². The van der Waals surface area contributed by atoms with Gasteiger partial charge < -0.3 is 38.7 Å². The molecule has 14 nitrogen and oxygen atoms in total. The van der Waals surface area contributed by atoms with Gasteiger partial charge in [0.05, 0.1) is 38.8 Å². The molecule has 0 atom stereocenters. The summed E-state index contributed by atoms with van der Waals surface area (Å²) in [6.45, 7) is 6.32. The number of amides is 1. The van der Waals surface area contributed by atoms with Gasteiger partial charge in [-0.05, 0) is 72.1 Å². The number of anilines is 5. The molecule has 2 saturated heterocycles. The molecule has 3 aromatic heterocycles. The Labute approximate surface area is 354 Å². The van der Waals surface area contributed by atoms with Crippen molar-refractivity contribution < 1.29 is 23.4 Å². The highest BCUT2D eigenvalue weighted by Crippen LogP contribution is 2.40. The van der Waals surface area contributed by atoms with Crippen LogP contribution in [0, 0.1) is 5.82 Å². The van der Waals surface area contributed by atoms with E-state index in [0.717, 1.165) is 39.6 Å². The van der Waals surface area contributed by atoms with Gasteiger partial charge in [-0.3, -0.25) is 4.79 Å². The molecule has 1 amide bonds. The average molecular weight is 823 g/mol. The third kappa shape index (κ3) is 8.59. The Balaban J connectivity index is 0.988. The fourth-order valence-corrected chi connectivity index (χ4v) is 8.05. The lowest BCUT2D eigenvalue weighted by Crippen LogP contribution is -2.49. The molecular formula is C46H47FN10O4. The van der Waals surface area contributed by atoms with Crippen LogP contribution in [0.3, 0.4) is 0 Å². The molecule has 3 aliphatic rings. The van der Waals surface area contributed by atoms with Crippen LogP contribution in [0.15, 0.2) is 104 Å². The molecule has 0 N–H and O–H groups in total. The highest BCUT2D eigenvalue weighted by Gasteiger charge is 2.32. The summed E-state index contributed by atoms with van der Waals surface area (Å²) in [4.78, 5) is 48.1. The minimum Gasteiger partial charge on any atom is -0.497 e. The molecule has 0 radical (unpaired) electrons. The molecule has 9 rings (SSSR count). The van der Waals surface area contributed by atoms with Crippen LogP contribution in [0.25, 0.3) is 11.3 Å². The number of hydrogen-bond acceptors (Lipinski definition) is 13. The van der Waals surface area contributed by atoms with Gasteiger partial charge in [0.1, 0.15) is 29.0 Å². The lowest BCUT2D eigenvalue weighted by Gasteiger charge is -2.35. The monoisotopic (exact) mass is 822 g/mol. The minimum atomic E-state index is -0.486. The minimum absolute atomic E-state index is 0.192. The lowest BCUT2D eigenvalue weighted by atomic mass is 10.1. The molecule has 312 valence electrons. The maximum atomic E-state index is 16.3. The van der Waals surface area contributed by atoms with Crippen molar-refractivity contribution in [2.24, 2.45) is 0 Å². The van der Waals surface area contributed by atoms with Crippen LogP contribution in [-0.4, -0.2) is 109 Å². The predicted molar refractivity (Wildman–Crippen MR) is 231 cm³/mol. The first-order valence-corrected chi connectivity index (χ1v) is 20.5. The van der Waals surface area contributed by atoms with Crippen LogP contribution in [0.2, 0.25) is 0 Å². The largest absolute Gasteiger partial charge is 0.497 e. The van der Waals surface area contributed by atoms with Crippen molar-refractivity contribution in [2.75, 3.05) is 92.8 Å². The standard InChI is InChI=1S/C46H47FN10O4/c1-59-36-11-6-32(7-12-36)30-56(31-33-8-13-37(60-2)14-9-33)45-49-28-35(29-50-45)42-38-16-18-57(43(38)52-46(51-42)55-23-25-61-26-24-55)40-15-10-34(27-39(40)47)44(58)54-21-19-53(20-22-54)41-5-3-4-17-48-41/h3-15,17,27-29H,16,18-26,30-31H2,1-2H3. The van der Waals surface area contributed by atoms with Crippen LogP contribution in [0.5, 0.6) is 11.5 Å². The number of hydrogen-bond donors (Lipinski definition) is 0. The van der Waals surface area contributed by atoms with Crippen LogP contribution < -0.4 is 29.1 Å². The number of methoxy groups -OCH3 is 2. The van der Waals surface area contributed by atoms with Gasteiger partial charge in [0.15, 0.2) is 0 Å². The fourth-order valence-electron chi connectivity index (χ4n) is 8.05. The van der Waals surface area contributed by atoms with Crippen molar-refractivity contribution in [3.05, 3.63) is 132 Å². The van der Waals surface area contributed by atoms with Gasteiger partial charge in [0, 0.05) is 94.2 Å². The fraction of sp³-hybridized carbons (Fsp3) is 0.304. The van der Waals surface area contributed by atoms with Gasteiger partial charge in [-0.2, -0.15) is 4.98 Å². The van der Waals surface area contributed by atoms with Gasteiger partial charge in [-0.15, -0.1) is 0 Å². The second kappa shape index (κ2) is 17.8. The SMILES string of the molecule is COc1ccc(CN(Cc2ccc(OC)cc2)c2ncc(-c3nc(N4CCOCC4)nc4c3CCN4c3ccc(C(=O)N4CCN(c5ccccn5)CC4)cc3F)cn2)cc1. The number of fused-ring (bicyclic) bond motifs is 1. The second-order valence-electron chi connectivity index (χ2n) is 15.1. The van der Waals surface area contributed by atoms with E-state index in [9.17, 15) is 4.79 Å². The van der Waals surface area contributed by atoms with E-state index in [-0.39, 0.29) is 5.91 Å². The van der Waals surface area contributed by atoms with Crippen LogP contribution in [-0.2, 0) is 24.2 Å². The molecule has 61 heavy (non-hydrogen) atoms. The number of morpholine rings is 1. The van der Waals surface area contributed by atoms with E-state index in [1.807, 2.05) is 84.0 Å². The normalized spacial score (nSPS) is 15.1. The Morgan fingerprint density at radius 1 is 0.754 bits per heavy atom. The number of rotatable bonds is 12. The number of piperazine rings is 1. The summed E-state index contributed by atoms with van der Waals surface area (Å²) in [7, 11) is 3.31. The van der Waals surface area contributed by atoms with E-state index in [0.29, 0.717) is 113 Å². The van der Waals surface area contributed by atoms with Gasteiger partial charge in [-0.25, -0.2) is 24.3 Å². The topological polar surface area (TPSA) is 125 Å². The van der Waals surface area contributed by atoms with E-state index in [1.54, 1.807) is 37.4 Å². The van der Waals surface area contributed by atoms with Crippen molar-refractivity contribution >= 4 is 35.1 Å². The van der Waals surface area contributed by atoms with E-state index < -0.39 is 5.82 Å². The van der Waals surface area contributed by atoms with Crippen LogP contribution in [0.4, 0.5) is 33.6 Å². The first-order valence-electron chi connectivity index (χ1n) is 20.5. The number of carbonyl (C=O) groups excluding carboxylic acids is 1. The molecule has 0 aliphatic carbocycles. The maximum absolute atomic E-state index is 16.3. The summed E-state index contributed by atoms with van der Waals surface area (Å²) < 4.78 is 32.7. The summed E-state index contributed by atoms with van der Waals surface area (Å²) in [6.07, 6.45) is 5.97. The van der Waals surface area contributed by atoms with Crippen molar-refractivity contribution in [1.82, 2.24) is 29.8 Å². The zero-order valence-corrected chi connectivity index (χ0v) is 34.3. The highest BCUT2D eigenvalue weighted by atomic mass is 19.1. The van der Waals surface area contributed by atoms with Crippen LogP contribution in [0.1, 0.15) is 27.0 Å². The van der Waals surface area contributed by atoms with Crippen molar-refractivity contribution in [1.29, 1.82) is 0 Å². The Kier molecular flexibility index (Phi) is 11.5. The Morgan fingerprint density at radius 2 is 1.43 bits per heavy atom. The van der Waals surface area contributed by atoms with Crippen LogP contribution >= 0.6 is 0 Å². The average Bonchev–Trinajstić information content (AvgIpc) is 3.75. The molecule has 2 fully saturated rings. The van der Waals surface area contributed by atoms with Crippen molar-refractivity contribution in [3.63, 3.8) is 0 Å². The molecule has 0 saturated carbocycles. The molecule has 0 bridgehead atoms. The van der Waals surface area contributed by atoms with Crippen molar-refractivity contribution in [3.8, 4) is 22.8 Å². The smallest absolute Gasteiger partial charge is 0.254 e.